The highest BCUT2D eigenvalue weighted by Crippen LogP contribution is 2.15. The monoisotopic (exact) mass is 396 g/mol. The van der Waals surface area contributed by atoms with Crippen molar-refractivity contribution in [2.75, 3.05) is 26.3 Å². The van der Waals surface area contributed by atoms with E-state index in [9.17, 15) is 25.2 Å². The van der Waals surface area contributed by atoms with Crippen molar-refractivity contribution in [2.45, 2.75) is 62.9 Å². The number of aromatic nitrogens is 1. The van der Waals surface area contributed by atoms with E-state index in [-0.39, 0.29) is 18.9 Å². The molecule has 1 aliphatic rings. The molecule has 1 aromatic heterocycles. The van der Waals surface area contributed by atoms with Crippen LogP contribution in [0.15, 0.2) is 24.5 Å². The number of carbonyl (C=O) groups is 1. The van der Waals surface area contributed by atoms with Crippen LogP contribution in [0.5, 0.6) is 0 Å². The van der Waals surface area contributed by atoms with E-state index in [0.717, 1.165) is 31.2 Å². The molecule has 1 aromatic rings. The van der Waals surface area contributed by atoms with Gasteiger partial charge in [-0.25, -0.2) is 0 Å². The van der Waals surface area contributed by atoms with Gasteiger partial charge in [0.1, 0.15) is 24.4 Å². The van der Waals surface area contributed by atoms with E-state index in [1.807, 2.05) is 12.1 Å². The van der Waals surface area contributed by atoms with Crippen LogP contribution in [0.3, 0.4) is 0 Å². The molecule has 0 unspecified atom stereocenters. The van der Waals surface area contributed by atoms with Gasteiger partial charge in [0.05, 0.1) is 6.61 Å². The van der Waals surface area contributed by atoms with Gasteiger partial charge in [-0.2, -0.15) is 0 Å². The highest BCUT2D eigenvalue weighted by Gasteiger charge is 2.34. The number of hydrogen-bond acceptors (Lipinski definition) is 7. The van der Waals surface area contributed by atoms with Crippen LogP contribution in [0.2, 0.25) is 0 Å². The van der Waals surface area contributed by atoms with E-state index >= 15 is 0 Å². The summed E-state index contributed by atoms with van der Waals surface area (Å²) in [5.41, 5.74) is 0.963. The van der Waals surface area contributed by atoms with Crippen molar-refractivity contribution < 1.29 is 30.0 Å². The zero-order valence-electron chi connectivity index (χ0n) is 16.2. The zero-order valence-corrected chi connectivity index (χ0v) is 16.2. The van der Waals surface area contributed by atoms with E-state index in [1.54, 1.807) is 17.3 Å². The molecule has 2 rings (SSSR count). The van der Waals surface area contributed by atoms with Crippen molar-refractivity contribution in [1.82, 2.24) is 9.88 Å². The van der Waals surface area contributed by atoms with Gasteiger partial charge >= 0.3 is 0 Å². The van der Waals surface area contributed by atoms with Gasteiger partial charge < -0.3 is 30.1 Å². The van der Waals surface area contributed by atoms with Crippen molar-refractivity contribution in [2.24, 2.45) is 0 Å². The zero-order chi connectivity index (χ0) is 20.4. The summed E-state index contributed by atoms with van der Waals surface area (Å²) in [6.45, 7) is 0.205. The lowest BCUT2D eigenvalue weighted by molar-refractivity contribution is -0.152. The smallest absolute Gasteiger partial charge is 0.222 e. The Balaban J connectivity index is 2.02. The van der Waals surface area contributed by atoms with E-state index in [0.29, 0.717) is 19.6 Å². The molecule has 8 heteroatoms. The number of aliphatic hydroxyl groups excluding tert-OH is 4. The minimum atomic E-state index is -1.41. The number of ether oxygens (including phenoxy) is 1. The third kappa shape index (κ3) is 7.10. The Morgan fingerprint density at radius 2 is 2.07 bits per heavy atom. The van der Waals surface area contributed by atoms with Crippen LogP contribution in [0, 0.1) is 0 Å². The number of aryl methyl sites for hydroxylation is 1. The molecule has 1 saturated heterocycles. The van der Waals surface area contributed by atoms with E-state index in [4.69, 9.17) is 4.74 Å². The molecule has 0 aromatic carbocycles. The first-order valence-electron chi connectivity index (χ1n) is 9.96. The first-order chi connectivity index (χ1) is 13.5. The summed E-state index contributed by atoms with van der Waals surface area (Å²) >= 11 is 0. The molecule has 0 spiro atoms. The average molecular weight is 396 g/mol. The first kappa shape index (κ1) is 22.7. The van der Waals surface area contributed by atoms with E-state index in [2.05, 4.69) is 4.98 Å². The lowest BCUT2D eigenvalue weighted by atomic mass is 10.0. The maximum absolute atomic E-state index is 12.7. The maximum atomic E-state index is 12.7. The minimum Gasteiger partial charge on any atom is -0.394 e. The largest absolute Gasteiger partial charge is 0.394 e. The summed E-state index contributed by atoms with van der Waals surface area (Å²) < 4.78 is 5.52. The second-order valence-corrected chi connectivity index (χ2v) is 7.26. The van der Waals surface area contributed by atoms with Crippen molar-refractivity contribution in [3.8, 4) is 0 Å². The number of hydrogen-bond donors (Lipinski definition) is 4. The molecule has 1 aliphatic heterocycles. The van der Waals surface area contributed by atoms with Crippen LogP contribution < -0.4 is 0 Å². The molecule has 4 atom stereocenters. The molecule has 4 N–H and O–H groups in total. The number of pyridine rings is 1. The second-order valence-electron chi connectivity index (χ2n) is 7.26. The lowest BCUT2D eigenvalue weighted by Gasteiger charge is -2.33. The highest BCUT2D eigenvalue weighted by molar-refractivity contribution is 5.76. The Labute approximate surface area is 165 Å². The Hall–Kier alpha value is -1.58. The maximum Gasteiger partial charge on any atom is 0.222 e. The molecule has 28 heavy (non-hydrogen) atoms. The molecule has 0 bridgehead atoms. The quantitative estimate of drug-likeness (QED) is 0.547. The SMILES string of the molecule is O=C(CCc1cccnc1)N1CCCCCCO[C@H]([C@H](O)CO)[C@H](O)[C@H](O)C1. The van der Waals surface area contributed by atoms with Crippen LogP contribution in [0.4, 0.5) is 0 Å². The summed E-state index contributed by atoms with van der Waals surface area (Å²) in [6.07, 6.45) is 2.51. The highest BCUT2D eigenvalue weighted by atomic mass is 16.5. The summed E-state index contributed by atoms with van der Waals surface area (Å²) in [4.78, 5) is 18.3. The lowest BCUT2D eigenvalue weighted by Crippen LogP contribution is -2.52. The van der Waals surface area contributed by atoms with Crippen molar-refractivity contribution in [3.05, 3.63) is 30.1 Å². The summed E-state index contributed by atoms with van der Waals surface area (Å²) in [6, 6.07) is 3.73. The standard InChI is InChI=1S/C20H32N2O6/c23-14-17(25)20-19(27)16(24)13-22(10-3-1-2-4-11-28-20)18(26)8-7-15-6-5-9-21-12-15/h5-6,9,12,16-17,19-20,23-25,27H,1-4,7-8,10-11,13-14H2/t16-,17-,19-,20-/m1/s1. The Morgan fingerprint density at radius 3 is 2.79 bits per heavy atom. The number of amides is 1. The molecule has 0 aliphatic carbocycles. The third-order valence-corrected chi connectivity index (χ3v) is 5.04. The molecule has 8 nitrogen and oxygen atoms in total. The first-order valence-corrected chi connectivity index (χ1v) is 9.96. The Bertz CT molecular complexity index is 573. The molecule has 158 valence electrons. The number of aliphatic hydroxyl groups is 4. The van der Waals surface area contributed by atoms with Gasteiger partial charge in [0.15, 0.2) is 0 Å². The predicted molar refractivity (Wildman–Crippen MR) is 102 cm³/mol. The average Bonchev–Trinajstić information content (AvgIpc) is 2.71. The van der Waals surface area contributed by atoms with Gasteiger partial charge in [0.25, 0.3) is 0 Å². The second kappa shape index (κ2) is 12.1. The summed E-state index contributed by atoms with van der Waals surface area (Å²) in [5.74, 6) is -0.104. The summed E-state index contributed by atoms with van der Waals surface area (Å²) in [5, 5.41) is 40.0. The molecule has 1 amide bonds. The fraction of sp³-hybridized carbons (Fsp3) is 0.700. The molecular weight excluding hydrogens is 364 g/mol. The van der Waals surface area contributed by atoms with Crippen LogP contribution in [0.1, 0.15) is 37.7 Å². The van der Waals surface area contributed by atoms with Crippen LogP contribution in [-0.4, -0.2) is 86.9 Å². The van der Waals surface area contributed by atoms with Crippen molar-refractivity contribution in [1.29, 1.82) is 0 Å². The van der Waals surface area contributed by atoms with Crippen LogP contribution >= 0.6 is 0 Å². The number of nitrogens with zero attached hydrogens (tertiary/aromatic N) is 2. The van der Waals surface area contributed by atoms with Gasteiger partial charge in [-0.1, -0.05) is 18.9 Å². The predicted octanol–water partition coefficient (Wildman–Crippen LogP) is -0.123. The summed E-state index contributed by atoms with van der Waals surface area (Å²) in [7, 11) is 0. The fourth-order valence-electron chi connectivity index (χ4n) is 3.34. The van der Waals surface area contributed by atoms with E-state index in [1.165, 1.54) is 0 Å². The molecular formula is C20H32N2O6. The molecule has 1 fully saturated rings. The van der Waals surface area contributed by atoms with Gasteiger partial charge in [-0.05, 0) is 30.9 Å². The van der Waals surface area contributed by atoms with Crippen LogP contribution in [0.25, 0.3) is 0 Å². The van der Waals surface area contributed by atoms with Gasteiger partial charge in [0.2, 0.25) is 5.91 Å². The van der Waals surface area contributed by atoms with Crippen LogP contribution in [-0.2, 0) is 16.0 Å². The molecule has 2 heterocycles. The minimum absolute atomic E-state index is 0.0505. The van der Waals surface area contributed by atoms with Gasteiger partial charge in [-0.3, -0.25) is 9.78 Å². The fourth-order valence-corrected chi connectivity index (χ4v) is 3.34. The normalized spacial score (nSPS) is 26.1. The Kier molecular flexibility index (Phi) is 9.80. The topological polar surface area (TPSA) is 123 Å². The van der Waals surface area contributed by atoms with Gasteiger partial charge in [0, 0.05) is 38.5 Å². The number of β-amino-alcohol motifs (C(OH)–C–C–N with tert-alkyl or cyclic N) is 1. The van der Waals surface area contributed by atoms with Crippen molar-refractivity contribution >= 4 is 5.91 Å². The van der Waals surface area contributed by atoms with E-state index < -0.39 is 31.0 Å². The van der Waals surface area contributed by atoms with Gasteiger partial charge in [-0.15, -0.1) is 0 Å². The number of rotatable bonds is 5. The number of carbonyl (C=O) groups excluding carboxylic acids is 1. The Morgan fingerprint density at radius 1 is 1.29 bits per heavy atom. The van der Waals surface area contributed by atoms with Crippen molar-refractivity contribution in [3.63, 3.8) is 0 Å². The molecule has 0 saturated carbocycles. The third-order valence-electron chi connectivity index (χ3n) is 5.04. The molecule has 0 radical (unpaired) electrons.